The average molecular weight is 1040 g/mol. The quantitative estimate of drug-likeness (QED) is 0.246. The Kier molecular flexibility index (Phi) is 25.7. The molecule has 442 valence electrons. The Balaban J connectivity index is 0.000000160. The topological polar surface area (TPSA) is 0 Å². The summed E-state index contributed by atoms with van der Waals surface area (Å²) in [5, 5.41) is 0. The molecule has 0 aromatic heterocycles. The minimum Gasteiger partial charge on any atom is -0.0625 e. The first kappa shape index (κ1) is 65.8. The van der Waals surface area contributed by atoms with Crippen LogP contribution in [0.15, 0.2) is 0 Å². The van der Waals surface area contributed by atoms with Crippen molar-refractivity contribution >= 4 is 0 Å². The molecule has 0 nitrogen and oxygen atoms in total. The van der Waals surface area contributed by atoms with Crippen LogP contribution in [0.25, 0.3) is 0 Å². The molecule has 0 saturated heterocycles. The second-order valence-electron chi connectivity index (χ2n) is 34.5. The van der Waals surface area contributed by atoms with E-state index < -0.39 is 0 Å². The monoisotopic (exact) mass is 1040 g/mol. The van der Waals surface area contributed by atoms with Crippen molar-refractivity contribution in [3.63, 3.8) is 0 Å². The molecule has 0 aliphatic heterocycles. The van der Waals surface area contributed by atoms with Crippen LogP contribution in [0.3, 0.4) is 0 Å². The summed E-state index contributed by atoms with van der Waals surface area (Å²) >= 11 is 0. The van der Waals surface area contributed by atoms with Gasteiger partial charge in [0.25, 0.3) is 0 Å². The molecule has 17 atom stereocenters. The Morgan fingerprint density at radius 1 is 0.360 bits per heavy atom. The molecule has 16 unspecified atom stereocenters. The van der Waals surface area contributed by atoms with Gasteiger partial charge in [-0.15, -0.1) is 0 Å². The molecule has 0 heteroatoms. The van der Waals surface area contributed by atoms with Gasteiger partial charge in [0.1, 0.15) is 0 Å². The molecular formula is C75H142. The highest BCUT2D eigenvalue weighted by Gasteiger charge is 2.59. The van der Waals surface area contributed by atoms with E-state index in [9.17, 15) is 0 Å². The summed E-state index contributed by atoms with van der Waals surface area (Å²) in [6, 6.07) is 0. The van der Waals surface area contributed by atoms with Gasteiger partial charge in [-0.3, -0.25) is 0 Å². The van der Waals surface area contributed by atoms with E-state index in [-0.39, 0.29) is 0 Å². The molecule has 12 rings (SSSR count). The summed E-state index contributed by atoms with van der Waals surface area (Å²) in [6.45, 7) is 48.5. The molecular weight excluding hydrogens is 901 g/mol. The Bertz CT molecular complexity index is 1550. The van der Waals surface area contributed by atoms with Crippen molar-refractivity contribution in [1.29, 1.82) is 0 Å². The lowest BCUT2D eigenvalue weighted by molar-refractivity contribution is 0.0903. The number of rotatable bonds is 1. The third-order valence-electron chi connectivity index (χ3n) is 26.6. The second kappa shape index (κ2) is 29.3. The van der Waals surface area contributed by atoms with Gasteiger partial charge < -0.3 is 0 Å². The maximum Gasteiger partial charge on any atom is -0.0246 e. The van der Waals surface area contributed by atoms with Crippen LogP contribution in [0, 0.1) is 134 Å². The maximum absolute atomic E-state index is 2.50. The molecule has 6 bridgehead atoms. The van der Waals surface area contributed by atoms with Crippen molar-refractivity contribution in [3.8, 4) is 0 Å². The van der Waals surface area contributed by atoms with Crippen LogP contribution in [-0.4, -0.2) is 0 Å². The number of hydrogen-bond donors (Lipinski definition) is 0. The molecule has 75 heavy (non-hydrogen) atoms. The first-order valence-electron chi connectivity index (χ1n) is 35.1. The van der Waals surface area contributed by atoms with Crippen molar-refractivity contribution in [2.24, 2.45) is 134 Å². The molecule has 12 aliphatic rings. The fourth-order valence-corrected chi connectivity index (χ4v) is 20.8. The third kappa shape index (κ3) is 18.8. The molecule has 12 fully saturated rings. The van der Waals surface area contributed by atoms with Gasteiger partial charge in [-0.1, -0.05) is 241 Å². The fraction of sp³-hybridized carbons (Fsp3) is 1.00. The molecule has 0 N–H and O–H groups in total. The largest absolute Gasteiger partial charge is 0.0625 e. The highest BCUT2D eigenvalue weighted by Crippen LogP contribution is 2.68. The maximum atomic E-state index is 2.50. The average Bonchev–Trinajstić information content (AvgIpc) is 4.22. The van der Waals surface area contributed by atoms with Crippen molar-refractivity contribution in [3.05, 3.63) is 0 Å². The highest BCUT2D eigenvalue weighted by atomic mass is 14.6. The van der Waals surface area contributed by atoms with Crippen molar-refractivity contribution in [2.75, 3.05) is 0 Å². The van der Waals surface area contributed by atoms with E-state index in [1.54, 1.807) is 51.4 Å². The minimum absolute atomic E-state index is 0.622. The van der Waals surface area contributed by atoms with Gasteiger partial charge in [0.15, 0.2) is 0 Å². The zero-order valence-electron chi connectivity index (χ0n) is 55.5. The van der Waals surface area contributed by atoms with Crippen molar-refractivity contribution in [1.82, 2.24) is 0 Å². The van der Waals surface area contributed by atoms with Gasteiger partial charge >= 0.3 is 0 Å². The van der Waals surface area contributed by atoms with Crippen LogP contribution in [-0.2, 0) is 0 Å². The van der Waals surface area contributed by atoms with E-state index in [0.717, 1.165) is 107 Å². The van der Waals surface area contributed by atoms with Crippen LogP contribution in [0.4, 0.5) is 0 Å². The third-order valence-corrected chi connectivity index (χ3v) is 26.6. The summed E-state index contributed by atoms with van der Waals surface area (Å²) in [6.07, 6.45) is 48.0. The second-order valence-corrected chi connectivity index (χ2v) is 34.5. The lowest BCUT2D eigenvalue weighted by atomic mass is 9.65. The van der Waals surface area contributed by atoms with E-state index in [2.05, 4.69) is 138 Å². The Hall–Kier alpha value is 0. The zero-order valence-corrected chi connectivity index (χ0v) is 55.5. The van der Waals surface area contributed by atoms with E-state index in [1.165, 1.54) is 154 Å². The summed E-state index contributed by atoms with van der Waals surface area (Å²) in [5.41, 5.74) is 3.25. The lowest BCUT2D eigenvalue weighted by Gasteiger charge is -2.40. The van der Waals surface area contributed by atoms with Crippen LogP contribution in [0.2, 0.25) is 0 Å². The van der Waals surface area contributed by atoms with Gasteiger partial charge in [-0.05, 0) is 236 Å². The summed E-state index contributed by atoms with van der Waals surface area (Å²) in [5.74, 6) is 18.5. The Morgan fingerprint density at radius 2 is 0.880 bits per heavy atom. The minimum atomic E-state index is 0.622. The molecule has 0 aromatic carbocycles. The first-order valence-corrected chi connectivity index (χ1v) is 35.1. The van der Waals surface area contributed by atoms with Crippen LogP contribution in [0.5, 0.6) is 0 Å². The molecule has 0 amide bonds. The van der Waals surface area contributed by atoms with Crippen LogP contribution in [0.1, 0.15) is 344 Å². The summed E-state index contributed by atoms with van der Waals surface area (Å²) in [4.78, 5) is 0. The van der Waals surface area contributed by atoms with Crippen LogP contribution < -0.4 is 0 Å². The SMILES string of the molecule is CC1C2(C)CCC(C2)C1(C)C.CC1CC(C)CC(C)(C)C1.CC1CC2CCC1(C)C2(C)C.CC1CCC(C(C)C)C(C)C1.CC1CCC2CCCCC2C1.CC1CCCC1.CC1CCCCC1.C[C@H]1CC2CCC1C2. The molecule has 0 spiro atoms. The highest BCUT2D eigenvalue weighted by molar-refractivity contribution is 5.09. The first-order chi connectivity index (χ1) is 35.1. The number of fused-ring (bicyclic) bond motifs is 7. The lowest BCUT2D eigenvalue weighted by Crippen LogP contribution is -2.32. The van der Waals surface area contributed by atoms with Gasteiger partial charge in [-0.2, -0.15) is 0 Å². The van der Waals surface area contributed by atoms with Gasteiger partial charge in [0, 0.05) is 0 Å². The fourth-order valence-electron chi connectivity index (χ4n) is 20.8. The zero-order chi connectivity index (χ0) is 55.5. The van der Waals surface area contributed by atoms with Crippen molar-refractivity contribution in [2.45, 2.75) is 344 Å². The van der Waals surface area contributed by atoms with Crippen molar-refractivity contribution < 1.29 is 0 Å². The summed E-state index contributed by atoms with van der Waals surface area (Å²) < 4.78 is 0. The normalized spacial score (nSPS) is 43.4. The number of hydrogen-bond acceptors (Lipinski definition) is 0. The van der Waals surface area contributed by atoms with Crippen LogP contribution >= 0.6 is 0 Å². The molecule has 0 radical (unpaired) electrons. The Morgan fingerprint density at radius 3 is 1.23 bits per heavy atom. The molecule has 0 aromatic rings. The predicted octanol–water partition coefficient (Wildman–Crippen LogP) is 25.0. The standard InChI is InChI=1S/3C11H20.C11H22.C10H20.C8H14.C7H14.C6H12/c1-8-10(2,3)9-5-6-11(8,4)7-9;1-8-7-9-5-6-11(8,4)10(9,2)3;1-9-6-7-10-4-2-3-5-11(10)8-9;1-8(2)11-6-5-9(3)7-10(11)4;1-8-5-9(2)7-10(3,4)6-8;1-6-4-7-2-3-8(6)5-7;1-7-5-3-2-4-6-7;1-6-4-2-3-5-6/h2*8-9H,5-7H2,1-4H3;9-11H,2-8H2,1H3;8-11H,5-7H2,1-4H3;8-9H,5-7H2,1-4H3;6-8H,2-5H2,1H3;7H,2-6H2,1H3;6H,2-5H2,1H3/t;;;;;6-,7?,8?;;/m.....0../s1. The van der Waals surface area contributed by atoms with Gasteiger partial charge in [-0.25, -0.2) is 0 Å². The molecule has 12 saturated carbocycles. The van der Waals surface area contributed by atoms with E-state index in [4.69, 9.17) is 0 Å². The predicted molar refractivity (Wildman–Crippen MR) is 336 cm³/mol. The van der Waals surface area contributed by atoms with E-state index in [0.29, 0.717) is 27.1 Å². The summed E-state index contributed by atoms with van der Waals surface area (Å²) in [7, 11) is 0. The van der Waals surface area contributed by atoms with Gasteiger partial charge in [0.2, 0.25) is 0 Å². The van der Waals surface area contributed by atoms with E-state index in [1.807, 2.05) is 0 Å². The van der Waals surface area contributed by atoms with Gasteiger partial charge in [0.05, 0.1) is 0 Å². The molecule has 12 aliphatic carbocycles. The smallest absolute Gasteiger partial charge is 0.0246 e. The van der Waals surface area contributed by atoms with E-state index >= 15 is 0 Å². The molecule has 0 heterocycles. The Labute approximate surface area is 475 Å².